The van der Waals surface area contributed by atoms with E-state index in [0.29, 0.717) is 12.1 Å². The third-order valence-electron chi connectivity index (χ3n) is 3.58. The van der Waals surface area contributed by atoms with Gasteiger partial charge in [-0.1, -0.05) is 37.3 Å². The molecule has 0 amide bonds. The van der Waals surface area contributed by atoms with Gasteiger partial charge in [0, 0.05) is 25.7 Å². The van der Waals surface area contributed by atoms with Gasteiger partial charge in [-0.2, -0.15) is 0 Å². The van der Waals surface area contributed by atoms with E-state index >= 15 is 0 Å². The first kappa shape index (κ1) is 16.2. The van der Waals surface area contributed by atoms with E-state index in [0.717, 1.165) is 26.1 Å². The van der Waals surface area contributed by atoms with Gasteiger partial charge in [0.25, 0.3) is 0 Å². The van der Waals surface area contributed by atoms with E-state index < -0.39 is 0 Å². The molecule has 0 radical (unpaired) electrons. The van der Waals surface area contributed by atoms with Crippen LogP contribution in [0.1, 0.15) is 31.9 Å². The Morgan fingerprint density at radius 2 is 1.95 bits per heavy atom. The number of nitrogens with one attached hydrogen (secondary N) is 1. The molecule has 1 N–H and O–H groups in total. The molecule has 0 spiro atoms. The molecule has 0 aromatic heterocycles. The molecule has 0 heterocycles. The Labute approximate surface area is 118 Å². The van der Waals surface area contributed by atoms with Crippen molar-refractivity contribution in [3.8, 4) is 0 Å². The first-order valence-corrected chi connectivity index (χ1v) is 7.16. The normalized spacial score (nSPS) is 14.6. The standard InChI is InChI=1S/C16H28N2O/c1-5-17-16(15-9-7-6-8-10-15)11-12-18(3)14(2)13-19-4/h6-10,14,16-17H,5,11-13H2,1-4H3. The molecule has 3 heteroatoms. The van der Waals surface area contributed by atoms with Crippen LogP contribution in [0.4, 0.5) is 0 Å². The summed E-state index contributed by atoms with van der Waals surface area (Å²) in [6, 6.07) is 11.6. The van der Waals surface area contributed by atoms with Crippen molar-refractivity contribution < 1.29 is 4.74 Å². The summed E-state index contributed by atoms with van der Waals surface area (Å²) in [5, 5.41) is 3.57. The lowest BCUT2D eigenvalue weighted by atomic mass is 10.0. The van der Waals surface area contributed by atoms with Crippen LogP contribution in [0.2, 0.25) is 0 Å². The Morgan fingerprint density at radius 1 is 1.26 bits per heavy atom. The summed E-state index contributed by atoms with van der Waals surface area (Å²) in [6.07, 6.45) is 1.11. The smallest absolute Gasteiger partial charge is 0.0615 e. The summed E-state index contributed by atoms with van der Waals surface area (Å²) >= 11 is 0. The summed E-state index contributed by atoms with van der Waals surface area (Å²) < 4.78 is 5.21. The number of hydrogen-bond acceptors (Lipinski definition) is 3. The van der Waals surface area contributed by atoms with Crippen LogP contribution in [0.5, 0.6) is 0 Å². The van der Waals surface area contributed by atoms with Crippen molar-refractivity contribution in [2.45, 2.75) is 32.4 Å². The van der Waals surface area contributed by atoms with Crippen LogP contribution < -0.4 is 5.32 Å². The summed E-state index contributed by atoms with van der Waals surface area (Å²) in [6.45, 7) is 7.21. The molecule has 0 fully saturated rings. The maximum Gasteiger partial charge on any atom is 0.0615 e. The predicted octanol–water partition coefficient (Wildman–Crippen LogP) is 2.69. The van der Waals surface area contributed by atoms with Gasteiger partial charge in [-0.3, -0.25) is 0 Å². The van der Waals surface area contributed by atoms with Crippen molar-refractivity contribution in [2.24, 2.45) is 0 Å². The minimum atomic E-state index is 0.434. The summed E-state index contributed by atoms with van der Waals surface area (Å²) in [7, 11) is 3.92. The number of methoxy groups -OCH3 is 1. The van der Waals surface area contributed by atoms with Crippen molar-refractivity contribution in [1.29, 1.82) is 0 Å². The highest BCUT2D eigenvalue weighted by Crippen LogP contribution is 2.17. The number of nitrogens with zero attached hydrogens (tertiary/aromatic N) is 1. The van der Waals surface area contributed by atoms with Crippen LogP contribution >= 0.6 is 0 Å². The number of hydrogen-bond donors (Lipinski definition) is 1. The van der Waals surface area contributed by atoms with E-state index in [-0.39, 0.29) is 0 Å². The van der Waals surface area contributed by atoms with Crippen LogP contribution in [0.15, 0.2) is 30.3 Å². The minimum Gasteiger partial charge on any atom is -0.383 e. The summed E-state index contributed by atoms with van der Waals surface area (Å²) in [4.78, 5) is 2.36. The first-order chi connectivity index (χ1) is 9.19. The highest BCUT2D eigenvalue weighted by molar-refractivity contribution is 5.18. The fourth-order valence-corrected chi connectivity index (χ4v) is 2.24. The van der Waals surface area contributed by atoms with Crippen LogP contribution in [-0.4, -0.2) is 44.8 Å². The van der Waals surface area contributed by atoms with Gasteiger partial charge in [0.1, 0.15) is 0 Å². The number of benzene rings is 1. The quantitative estimate of drug-likeness (QED) is 0.742. The largest absolute Gasteiger partial charge is 0.383 e. The molecule has 0 aliphatic rings. The molecule has 108 valence electrons. The Hall–Kier alpha value is -0.900. The van der Waals surface area contributed by atoms with Crippen molar-refractivity contribution in [2.75, 3.05) is 33.9 Å². The van der Waals surface area contributed by atoms with E-state index in [1.54, 1.807) is 7.11 Å². The maximum atomic E-state index is 5.21. The summed E-state index contributed by atoms with van der Waals surface area (Å²) in [5.74, 6) is 0. The highest BCUT2D eigenvalue weighted by atomic mass is 16.5. The molecule has 3 nitrogen and oxygen atoms in total. The average molecular weight is 264 g/mol. The fraction of sp³-hybridized carbons (Fsp3) is 0.625. The van der Waals surface area contributed by atoms with E-state index in [1.165, 1.54) is 5.56 Å². The van der Waals surface area contributed by atoms with Gasteiger partial charge < -0.3 is 15.0 Å². The van der Waals surface area contributed by atoms with Crippen LogP contribution in [0.25, 0.3) is 0 Å². The topological polar surface area (TPSA) is 24.5 Å². The van der Waals surface area contributed by atoms with Crippen LogP contribution in [-0.2, 0) is 4.74 Å². The molecule has 2 unspecified atom stereocenters. The lowest BCUT2D eigenvalue weighted by Crippen LogP contribution is -2.35. The van der Waals surface area contributed by atoms with Gasteiger partial charge in [-0.25, -0.2) is 0 Å². The molecule has 0 saturated carbocycles. The zero-order valence-electron chi connectivity index (χ0n) is 12.7. The Balaban J connectivity index is 2.50. The molecule has 19 heavy (non-hydrogen) atoms. The molecule has 1 aromatic rings. The predicted molar refractivity (Wildman–Crippen MR) is 81.4 cm³/mol. The molecular weight excluding hydrogens is 236 g/mol. The Kier molecular flexibility index (Phi) is 7.72. The van der Waals surface area contributed by atoms with Gasteiger partial charge >= 0.3 is 0 Å². The minimum absolute atomic E-state index is 0.434. The van der Waals surface area contributed by atoms with Gasteiger partial charge in [-0.15, -0.1) is 0 Å². The number of likely N-dealkylation sites (N-methyl/N-ethyl adjacent to an activating group) is 1. The van der Waals surface area contributed by atoms with Gasteiger partial charge in [0.2, 0.25) is 0 Å². The van der Waals surface area contributed by atoms with E-state index in [1.807, 2.05) is 0 Å². The van der Waals surface area contributed by atoms with E-state index in [4.69, 9.17) is 4.74 Å². The van der Waals surface area contributed by atoms with Gasteiger partial charge in [0.15, 0.2) is 0 Å². The molecule has 1 aromatic carbocycles. The third kappa shape index (κ3) is 5.72. The van der Waals surface area contributed by atoms with Crippen molar-refractivity contribution in [1.82, 2.24) is 10.2 Å². The van der Waals surface area contributed by atoms with Gasteiger partial charge in [-0.05, 0) is 32.5 Å². The monoisotopic (exact) mass is 264 g/mol. The SMILES string of the molecule is CCNC(CCN(C)C(C)COC)c1ccccc1. The second-order valence-electron chi connectivity index (χ2n) is 5.09. The lowest BCUT2D eigenvalue weighted by Gasteiger charge is -2.27. The zero-order chi connectivity index (χ0) is 14.1. The van der Waals surface area contributed by atoms with Crippen LogP contribution in [0, 0.1) is 0 Å². The van der Waals surface area contributed by atoms with Crippen molar-refractivity contribution in [3.63, 3.8) is 0 Å². The number of rotatable bonds is 9. The van der Waals surface area contributed by atoms with E-state index in [9.17, 15) is 0 Å². The zero-order valence-corrected chi connectivity index (χ0v) is 12.7. The molecule has 0 bridgehead atoms. The highest BCUT2D eigenvalue weighted by Gasteiger charge is 2.13. The molecule has 0 aliphatic carbocycles. The number of ether oxygens (including phenoxy) is 1. The third-order valence-corrected chi connectivity index (χ3v) is 3.58. The second kappa shape index (κ2) is 9.08. The molecular formula is C16H28N2O. The maximum absolute atomic E-state index is 5.21. The van der Waals surface area contributed by atoms with Crippen LogP contribution in [0.3, 0.4) is 0 Å². The van der Waals surface area contributed by atoms with E-state index in [2.05, 4.69) is 61.4 Å². The average Bonchev–Trinajstić information content (AvgIpc) is 2.44. The first-order valence-electron chi connectivity index (χ1n) is 7.16. The lowest BCUT2D eigenvalue weighted by molar-refractivity contribution is 0.113. The Morgan fingerprint density at radius 3 is 2.53 bits per heavy atom. The fourth-order valence-electron chi connectivity index (χ4n) is 2.24. The molecule has 0 saturated heterocycles. The summed E-state index contributed by atoms with van der Waals surface area (Å²) in [5.41, 5.74) is 1.37. The molecule has 1 rings (SSSR count). The second-order valence-corrected chi connectivity index (χ2v) is 5.09. The van der Waals surface area contributed by atoms with Gasteiger partial charge in [0.05, 0.1) is 6.61 Å². The molecule has 2 atom stereocenters. The van der Waals surface area contributed by atoms with Crippen molar-refractivity contribution >= 4 is 0 Å². The van der Waals surface area contributed by atoms with Crippen molar-refractivity contribution in [3.05, 3.63) is 35.9 Å². The Bertz CT molecular complexity index is 329. The molecule has 0 aliphatic heterocycles.